The highest BCUT2D eigenvalue weighted by molar-refractivity contribution is 7.13. The van der Waals surface area contributed by atoms with Gasteiger partial charge in [-0.25, -0.2) is 4.98 Å². The molecule has 0 fully saturated rings. The van der Waals surface area contributed by atoms with Crippen LogP contribution in [-0.2, 0) is 21.2 Å². The molecule has 0 saturated carbocycles. The lowest BCUT2D eigenvalue weighted by Gasteiger charge is -2.24. The second-order valence-electron chi connectivity index (χ2n) is 9.56. The molecule has 0 unspecified atom stereocenters. The topological polar surface area (TPSA) is 59.8 Å². The van der Waals surface area contributed by atoms with Crippen molar-refractivity contribution in [2.24, 2.45) is 0 Å². The summed E-state index contributed by atoms with van der Waals surface area (Å²) in [4.78, 5) is 16.9. The van der Waals surface area contributed by atoms with E-state index in [0.717, 1.165) is 17.7 Å². The Morgan fingerprint density at radius 1 is 1.15 bits per heavy atom. The van der Waals surface area contributed by atoms with Gasteiger partial charge in [0.15, 0.2) is 5.13 Å². The van der Waals surface area contributed by atoms with Crippen LogP contribution < -0.4 is 5.32 Å². The highest BCUT2D eigenvalue weighted by atomic mass is 32.1. The third-order valence-corrected chi connectivity index (χ3v) is 5.31. The van der Waals surface area contributed by atoms with E-state index in [0.29, 0.717) is 11.6 Å². The average molecular weight is 377 g/mol. The molecule has 0 saturated heterocycles. The average Bonchev–Trinajstić information content (AvgIpc) is 3.13. The lowest BCUT2D eigenvalue weighted by Crippen LogP contribution is -2.23. The van der Waals surface area contributed by atoms with E-state index in [1.54, 1.807) is 0 Å². The number of aromatic nitrogens is 3. The Kier molecular flexibility index (Phi) is 5.66. The van der Waals surface area contributed by atoms with E-state index in [1.807, 2.05) is 16.3 Å². The van der Waals surface area contributed by atoms with Crippen LogP contribution in [0.4, 0.5) is 5.13 Å². The minimum atomic E-state index is -0.111. The van der Waals surface area contributed by atoms with Crippen LogP contribution in [-0.4, -0.2) is 20.7 Å². The summed E-state index contributed by atoms with van der Waals surface area (Å²) in [7, 11) is 0. The van der Waals surface area contributed by atoms with Gasteiger partial charge in [0.25, 0.3) is 0 Å². The number of amides is 1. The van der Waals surface area contributed by atoms with Gasteiger partial charge in [0.05, 0.1) is 17.4 Å². The van der Waals surface area contributed by atoms with Crippen molar-refractivity contribution in [1.82, 2.24) is 14.8 Å². The van der Waals surface area contributed by atoms with Crippen molar-refractivity contribution in [3.8, 4) is 0 Å². The Morgan fingerprint density at radius 2 is 1.81 bits per heavy atom. The number of thiazole rings is 1. The predicted molar refractivity (Wildman–Crippen MR) is 109 cm³/mol. The highest BCUT2D eigenvalue weighted by Crippen LogP contribution is 2.30. The monoisotopic (exact) mass is 376 g/mol. The van der Waals surface area contributed by atoms with E-state index in [2.05, 4.69) is 77.0 Å². The van der Waals surface area contributed by atoms with E-state index in [4.69, 9.17) is 0 Å². The lowest BCUT2D eigenvalue weighted by atomic mass is 9.82. The van der Waals surface area contributed by atoms with Gasteiger partial charge in [-0.3, -0.25) is 9.48 Å². The van der Waals surface area contributed by atoms with Crippen molar-refractivity contribution in [3.63, 3.8) is 0 Å². The van der Waals surface area contributed by atoms with Gasteiger partial charge in [-0.1, -0.05) is 34.6 Å². The van der Waals surface area contributed by atoms with Crippen molar-refractivity contribution >= 4 is 22.4 Å². The fraction of sp³-hybridized carbons (Fsp3) is 0.650. The molecule has 2 rings (SSSR count). The zero-order valence-corrected chi connectivity index (χ0v) is 18.1. The Bertz CT molecular complexity index is 759. The largest absolute Gasteiger partial charge is 0.302 e. The van der Waals surface area contributed by atoms with Crippen LogP contribution in [0.3, 0.4) is 0 Å². The second-order valence-corrected chi connectivity index (χ2v) is 10.4. The number of anilines is 1. The van der Waals surface area contributed by atoms with Crippen molar-refractivity contribution in [2.45, 2.75) is 84.6 Å². The molecule has 5 nitrogen and oxygen atoms in total. The fourth-order valence-corrected chi connectivity index (χ4v) is 3.42. The quantitative estimate of drug-likeness (QED) is 0.791. The third kappa shape index (κ3) is 5.16. The summed E-state index contributed by atoms with van der Waals surface area (Å²) in [5.41, 5.74) is 2.01. The van der Waals surface area contributed by atoms with Crippen LogP contribution in [0.25, 0.3) is 0 Å². The van der Waals surface area contributed by atoms with Gasteiger partial charge in [0.1, 0.15) is 0 Å². The molecular formula is C20H32N4OS. The molecule has 0 spiro atoms. The molecule has 1 amide bonds. The van der Waals surface area contributed by atoms with Crippen molar-refractivity contribution in [2.75, 3.05) is 5.32 Å². The van der Waals surface area contributed by atoms with Gasteiger partial charge in [-0.15, -0.1) is 11.3 Å². The van der Waals surface area contributed by atoms with E-state index >= 15 is 0 Å². The maximum Gasteiger partial charge on any atom is 0.226 e. The Balaban J connectivity index is 1.95. The van der Waals surface area contributed by atoms with E-state index in [-0.39, 0.29) is 22.3 Å². The first-order valence-electron chi connectivity index (χ1n) is 9.10. The number of carbonyl (C=O) groups excluding carboxylic acids is 1. The molecule has 6 heteroatoms. The zero-order chi connectivity index (χ0) is 19.8. The number of rotatable bonds is 5. The van der Waals surface area contributed by atoms with E-state index in [9.17, 15) is 4.79 Å². The van der Waals surface area contributed by atoms with Crippen molar-refractivity contribution in [1.29, 1.82) is 0 Å². The van der Waals surface area contributed by atoms with Crippen LogP contribution in [0, 0.1) is 0 Å². The molecule has 2 aromatic rings. The van der Waals surface area contributed by atoms with Gasteiger partial charge < -0.3 is 5.32 Å². The first-order chi connectivity index (χ1) is 11.8. The molecule has 0 aliphatic carbocycles. The van der Waals surface area contributed by atoms with Gasteiger partial charge in [0, 0.05) is 23.4 Å². The number of nitrogens with one attached hydrogen (secondary N) is 1. The van der Waals surface area contributed by atoms with Crippen LogP contribution in [0.15, 0.2) is 17.8 Å². The number of carbonyl (C=O) groups is 1. The fourth-order valence-electron chi connectivity index (χ4n) is 2.47. The smallest absolute Gasteiger partial charge is 0.226 e. The van der Waals surface area contributed by atoms with Crippen LogP contribution in [0.1, 0.15) is 79.5 Å². The molecule has 2 heterocycles. The van der Waals surface area contributed by atoms with Crippen LogP contribution in [0.5, 0.6) is 0 Å². The first-order valence-corrected chi connectivity index (χ1v) is 9.98. The van der Waals surface area contributed by atoms with Gasteiger partial charge in [-0.2, -0.15) is 5.10 Å². The first kappa shape index (κ1) is 20.6. The predicted octanol–water partition coefficient (Wildman–Crippen LogP) is 5.09. The minimum absolute atomic E-state index is 0.00528. The van der Waals surface area contributed by atoms with E-state index in [1.165, 1.54) is 11.3 Å². The minimum Gasteiger partial charge on any atom is -0.302 e. The van der Waals surface area contributed by atoms with Gasteiger partial charge in [-0.05, 0) is 38.2 Å². The summed E-state index contributed by atoms with van der Waals surface area (Å²) in [6, 6.07) is 0. The van der Waals surface area contributed by atoms with Crippen LogP contribution >= 0.6 is 11.3 Å². The molecule has 0 atom stereocenters. The lowest BCUT2D eigenvalue weighted by molar-refractivity contribution is -0.116. The summed E-state index contributed by atoms with van der Waals surface area (Å²) in [5, 5.41) is 10.1. The summed E-state index contributed by atoms with van der Waals surface area (Å²) in [5.74, 6) is 0.0103. The van der Waals surface area contributed by atoms with Gasteiger partial charge >= 0.3 is 0 Å². The summed E-state index contributed by atoms with van der Waals surface area (Å²) in [6.07, 6.45) is 5.22. The van der Waals surface area contributed by atoms with Crippen molar-refractivity contribution in [3.05, 3.63) is 29.0 Å². The van der Waals surface area contributed by atoms with Crippen molar-refractivity contribution < 1.29 is 4.79 Å². The molecule has 144 valence electrons. The molecule has 0 radical (unpaired) electrons. The maximum atomic E-state index is 12.3. The van der Waals surface area contributed by atoms with Crippen LogP contribution in [0.2, 0.25) is 0 Å². The maximum absolute atomic E-state index is 12.3. The molecule has 0 bridgehead atoms. The summed E-state index contributed by atoms with van der Waals surface area (Å²) >= 11 is 1.48. The zero-order valence-electron chi connectivity index (χ0n) is 17.3. The number of hydrogen-bond donors (Lipinski definition) is 1. The molecule has 0 aliphatic rings. The Hall–Kier alpha value is -1.69. The molecular weight excluding hydrogens is 344 g/mol. The third-order valence-electron chi connectivity index (χ3n) is 4.55. The summed E-state index contributed by atoms with van der Waals surface area (Å²) in [6.45, 7) is 17.1. The number of hydrogen-bond acceptors (Lipinski definition) is 4. The second kappa shape index (κ2) is 7.14. The normalized spacial score (nSPS) is 13.1. The molecule has 0 aromatic carbocycles. The van der Waals surface area contributed by atoms with Gasteiger partial charge in [0.2, 0.25) is 5.91 Å². The van der Waals surface area contributed by atoms with E-state index < -0.39 is 0 Å². The highest BCUT2D eigenvalue weighted by Gasteiger charge is 2.26. The molecule has 0 aliphatic heterocycles. The summed E-state index contributed by atoms with van der Waals surface area (Å²) < 4.78 is 1.98. The standard InChI is InChI=1S/C20H32N4OS/c1-18(2,3)15-13-26-17(22-15)23-16(25)9-10-20(7,8)14-11-21-24(12-14)19(4,5)6/h11-13H,9-10H2,1-8H3,(H,22,23,25). The number of nitrogens with zero attached hydrogens (tertiary/aromatic N) is 3. The molecule has 26 heavy (non-hydrogen) atoms. The Morgan fingerprint density at radius 3 is 2.31 bits per heavy atom. The molecule has 2 aromatic heterocycles. The Labute approximate surface area is 161 Å². The molecule has 1 N–H and O–H groups in total. The SMILES string of the molecule is CC(C)(C)c1csc(NC(=O)CCC(C)(C)c2cnn(C(C)(C)C)c2)n1.